The zero-order valence-corrected chi connectivity index (χ0v) is 16.4. The van der Waals surface area contributed by atoms with E-state index in [2.05, 4.69) is 29.4 Å². The molecule has 0 saturated carbocycles. The van der Waals surface area contributed by atoms with Crippen LogP contribution in [0, 0.1) is 0 Å². The summed E-state index contributed by atoms with van der Waals surface area (Å²) < 4.78 is 16.0. The van der Waals surface area contributed by atoms with Crippen LogP contribution in [0.4, 0.5) is 6.01 Å². The topological polar surface area (TPSA) is 86.5 Å². The minimum absolute atomic E-state index is 0.0422. The largest absolute Gasteiger partial charge is 0.497 e. The molecule has 28 heavy (non-hydrogen) atoms. The van der Waals surface area contributed by atoms with Gasteiger partial charge in [0.1, 0.15) is 11.5 Å². The van der Waals surface area contributed by atoms with Gasteiger partial charge in [-0.2, -0.15) is 0 Å². The second-order valence-electron chi connectivity index (χ2n) is 6.63. The summed E-state index contributed by atoms with van der Waals surface area (Å²) in [5.74, 6) is 1.69. The highest BCUT2D eigenvalue weighted by atomic mass is 16.5. The predicted octanol–water partition coefficient (Wildman–Crippen LogP) is 4.06. The van der Waals surface area contributed by atoms with E-state index in [0.717, 1.165) is 5.56 Å². The van der Waals surface area contributed by atoms with Gasteiger partial charge in [-0.25, -0.2) is 0 Å². The van der Waals surface area contributed by atoms with Gasteiger partial charge in [0.25, 0.3) is 0 Å². The Morgan fingerprint density at radius 2 is 1.68 bits per heavy atom. The third-order valence-electron chi connectivity index (χ3n) is 4.28. The first-order chi connectivity index (χ1) is 13.5. The minimum atomic E-state index is -0.226. The molecule has 1 amide bonds. The molecule has 0 unspecified atom stereocenters. The molecule has 0 aliphatic carbocycles. The van der Waals surface area contributed by atoms with Crippen molar-refractivity contribution in [3.8, 4) is 23.0 Å². The van der Waals surface area contributed by atoms with Crippen LogP contribution < -0.4 is 14.8 Å². The van der Waals surface area contributed by atoms with Crippen LogP contribution >= 0.6 is 0 Å². The molecule has 0 aliphatic heterocycles. The molecule has 0 aliphatic rings. The fraction of sp³-hybridized carbons (Fsp3) is 0.286. The highest BCUT2D eigenvalue weighted by Gasteiger charge is 2.14. The number of nitrogens with one attached hydrogen (secondary N) is 1. The third kappa shape index (κ3) is 4.68. The van der Waals surface area contributed by atoms with Gasteiger partial charge in [0.15, 0.2) is 0 Å². The molecule has 0 spiro atoms. The molecule has 146 valence electrons. The molecule has 1 N–H and O–H groups in total. The third-order valence-corrected chi connectivity index (χ3v) is 4.28. The number of ether oxygens (including phenoxy) is 2. The van der Waals surface area contributed by atoms with Crippen LogP contribution in [0.15, 0.2) is 46.9 Å². The van der Waals surface area contributed by atoms with Crippen molar-refractivity contribution in [2.75, 3.05) is 19.5 Å². The van der Waals surface area contributed by atoms with Gasteiger partial charge in [-0.3, -0.25) is 10.1 Å². The Kier molecular flexibility index (Phi) is 5.93. The van der Waals surface area contributed by atoms with Crippen molar-refractivity contribution in [3.05, 3.63) is 53.6 Å². The Labute approximate surface area is 163 Å². The second kappa shape index (κ2) is 8.56. The fourth-order valence-electron chi connectivity index (χ4n) is 2.69. The maximum atomic E-state index is 12.3. The highest BCUT2D eigenvalue weighted by Crippen LogP contribution is 2.29. The van der Waals surface area contributed by atoms with E-state index in [4.69, 9.17) is 13.9 Å². The van der Waals surface area contributed by atoms with Crippen molar-refractivity contribution < 1.29 is 18.7 Å². The van der Waals surface area contributed by atoms with Crippen molar-refractivity contribution >= 4 is 11.9 Å². The molecular weight excluding hydrogens is 358 g/mol. The molecule has 0 atom stereocenters. The molecule has 0 fully saturated rings. The molecule has 7 nitrogen and oxygen atoms in total. The van der Waals surface area contributed by atoms with Gasteiger partial charge in [-0.15, -0.1) is 5.10 Å². The van der Waals surface area contributed by atoms with Gasteiger partial charge in [-0.1, -0.05) is 43.2 Å². The maximum absolute atomic E-state index is 12.3. The fourth-order valence-corrected chi connectivity index (χ4v) is 2.69. The second-order valence-corrected chi connectivity index (χ2v) is 6.63. The molecule has 7 heteroatoms. The van der Waals surface area contributed by atoms with E-state index >= 15 is 0 Å². The van der Waals surface area contributed by atoms with Gasteiger partial charge in [0.05, 0.1) is 20.6 Å². The van der Waals surface area contributed by atoms with Crippen molar-refractivity contribution in [3.63, 3.8) is 0 Å². The van der Waals surface area contributed by atoms with Gasteiger partial charge in [0, 0.05) is 11.6 Å². The Bertz CT molecular complexity index is 926. The van der Waals surface area contributed by atoms with Crippen molar-refractivity contribution in [1.29, 1.82) is 0 Å². The summed E-state index contributed by atoms with van der Waals surface area (Å²) in [5, 5.41) is 10.5. The molecule has 1 aromatic heterocycles. The van der Waals surface area contributed by atoms with Crippen LogP contribution in [0.25, 0.3) is 11.5 Å². The van der Waals surface area contributed by atoms with E-state index < -0.39 is 0 Å². The van der Waals surface area contributed by atoms with E-state index in [-0.39, 0.29) is 24.2 Å². The number of rotatable bonds is 7. The van der Waals surface area contributed by atoms with Crippen molar-refractivity contribution in [2.45, 2.75) is 26.2 Å². The van der Waals surface area contributed by atoms with E-state index in [0.29, 0.717) is 23.0 Å². The Balaban J connectivity index is 1.68. The summed E-state index contributed by atoms with van der Waals surface area (Å²) in [6.07, 6.45) is 0.225. The maximum Gasteiger partial charge on any atom is 0.322 e. The lowest BCUT2D eigenvalue weighted by atomic mass is 10.0. The van der Waals surface area contributed by atoms with E-state index in [1.165, 1.54) is 5.56 Å². The van der Waals surface area contributed by atoms with Gasteiger partial charge in [-0.05, 0) is 29.2 Å². The number of hydrogen-bond donors (Lipinski definition) is 1. The Hall–Kier alpha value is -3.35. The van der Waals surface area contributed by atoms with Gasteiger partial charge >= 0.3 is 6.01 Å². The molecule has 3 rings (SSSR count). The minimum Gasteiger partial charge on any atom is -0.497 e. The molecule has 1 heterocycles. The number of hydrogen-bond acceptors (Lipinski definition) is 6. The highest BCUT2D eigenvalue weighted by molar-refractivity contribution is 5.90. The lowest BCUT2D eigenvalue weighted by molar-refractivity contribution is -0.115. The van der Waals surface area contributed by atoms with E-state index in [9.17, 15) is 4.79 Å². The first-order valence-corrected chi connectivity index (χ1v) is 8.94. The Morgan fingerprint density at radius 1 is 1.04 bits per heavy atom. The molecule has 2 aromatic carbocycles. The molecule has 0 bridgehead atoms. The van der Waals surface area contributed by atoms with Crippen LogP contribution in [0.2, 0.25) is 0 Å². The summed E-state index contributed by atoms with van der Waals surface area (Å²) in [7, 11) is 3.12. The number of carbonyl (C=O) groups excluding carboxylic acids is 1. The molecule has 0 radical (unpaired) electrons. The van der Waals surface area contributed by atoms with E-state index in [1.54, 1.807) is 32.4 Å². The smallest absolute Gasteiger partial charge is 0.322 e. The van der Waals surface area contributed by atoms with Crippen LogP contribution in [-0.2, 0) is 11.2 Å². The average molecular weight is 381 g/mol. The quantitative estimate of drug-likeness (QED) is 0.664. The normalized spacial score (nSPS) is 10.8. The zero-order valence-electron chi connectivity index (χ0n) is 16.4. The number of nitrogens with zero attached hydrogens (tertiary/aromatic N) is 2. The average Bonchev–Trinajstić information content (AvgIpc) is 3.16. The summed E-state index contributed by atoms with van der Waals surface area (Å²) in [6, 6.07) is 13.3. The first-order valence-electron chi connectivity index (χ1n) is 8.94. The lowest BCUT2D eigenvalue weighted by Gasteiger charge is -2.06. The van der Waals surface area contributed by atoms with E-state index in [1.807, 2.05) is 24.3 Å². The van der Waals surface area contributed by atoms with Crippen molar-refractivity contribution in [2.24, 2.45) is 0 Å². The lowest BCUT2D eigenvalue weighted by Crippen LogP contribution is -2.14. The van der Waals surface area contributed by atoms with Crippen LogP contribution in [0.1, 0.15) is 30.9 Å². The van der Waals surface area contributed by atoms with Gasteiger partial charge < -0.3 is 13.9 Å². The van der Waals surface area contributed by atoms with Crippen LogP contribution in [-0.4, -0.2) is 30.3 Å². The first kappa shape index (κ1) is 19.4. The summed E-state index contributed by atoms with van der Waals surface area (Å²) in [6.45, 7) is 4.26. The summed E-state index contributed by atoms with van der Waals surface area (Å²) >= 11 is 0. The number of benzene rings is 2. The van der Waals surface area contributed by atoms with Crippen LogP contribution in [0.5, 0.6) is 11.5 Å². The summed E-state index contributed by atoms with van der Waals surface area (Å²) in [5.41, 5.74) is 2.78. The molecular formula is C21H23N3O4. The Morgan fingerprint density at radius 3 is 2.25 bits per heavy atom. The van der Waals surface area contributed by atoms with Crippen LogP contribution in [0.3, 0.4) is 0 Å². The number of amides is 1. The number of carbonyl (C=O) groups is 1. The monoisotopic (exact) mass is 381 g/mol. The SMILES string of the molecule is COc1cc(OC)cc(-c2nnc(NC(=O)Cc3ccc(C(C)C)cc3)o2)c1. The molecule has 3 aromatic rings. The summed E-state index contributed by atoms with van der Waals surface area (Å²) in [4.78, 5) is 12.3. The number of methoxy groups -OCH3 is 2. The number of aromatic nitrogens is 2. The number of anilines is 1. The zero-order chi connectivity index (χ0) is 20.1. The van der Waals surface area contributed by atoms with Gasteiger partial charge in [0.2, 0.25) is 11.8 Å². The molecule has 0 saturated heterocycles. The van der Waals surface area contributed by atoms with Crippen molar-refractivity contribution in [1.82, 2.24) is 10.2 Å². The predicted molar refractivity (Wildman–Crippen MR) is 106 cm³/mol. The standard InChI is InChI=1S/C21H23N3O4/c1-13(2)15-7-5-14(6-8-15)9-19(25)22-21-24-23-20(28-21)16-10-17(26-3)12-18(11-16)27-4/h5-8,10-13H,9H2,1-4H3,(H,22,24,25).